The van der Waals surface area contributed by atoms with Crippen LogP contribution in [0.1, 0.15) is 50.6 Å². The van der Waals surface area contributed by atoms with Gasteiger partial charge in [0.05, 0.1) is 10.2 Å². The maximum atomic E-state index is 4.61. The summed E-state index contributed by atoms with van der Waals surface area (Å²) in [5.74, 6) is 0.797. The molecule has 0 amide bonds. The number of fused-ring (bicyclic) bond motifs is 1. The number of aromatic nitrogens is 1. The SMILES string of the molecule is CCCNC(c1cnc2ccsc2c1)C1CCCC1. The highest BCUT2D eigenvalue weighted by atomic mass is 32.1. The van der Waals surface area contributed by atoms with E-state index in [1.807, 2.05) is 0 Å². The largest absolute Gasteiger partial charge is 0.310 e. The number of thiophene rings is 1. The molecule has 1 unspecified atom stereocenters. The van der Waals surface area contributed by atoms with Crippen molar-refractivity contribution in [3.8, 4) is 0 Å². The van der Waals surface area contributed by atoms with Gasteiger partial charge in [0, 0.05) is 12.2 Å². The lowest BCUT2D eigenvalue weighted by Gasteiger charge is -2.25. The first-order valence-electron chi connectivity index (χ1n) is 7.45. The highest BCUT2D eigenvalue weighted by molar-refractivity contribution is 7.17. The number of hydrogen-bond acceptors (Lipinski definition) is 3. The van der Waals surface area contributed by atoms with Crippen LogP contribution in [0.15, 0.2) is 23.7 Å². The zero-order valence-corrected chi connectivity index (χ0v) is 12.4. The van der Waals surface area contributed by atoms with Crippen molar-refractivity contribution in [2.45, 2.75) is 45.1 Å². The molecule has 0 aliphatic heterocycles. The summed E-state index contributed by atoms with van der Waals surface area (Å²) in [6, 6.07) is 4.95. The minimum absolute atomic E-state index is 0.501. The molecule has 102 valence electrons. The fraction of sp³-hybridized carbons (Fsp3) is 0.562. The van der Waals surface area contributed by atoms with Crippen LogP contribution < -0.4 is 5.32 Å². The van der Waals surface area contributed by atoms with Crippen LogP contribution in [0.3, 0.4) is 0 Å². The number of pyridine rings is 1. The molecule has 0 saturated heterocycles. The minimum Gasteiger partial charge on any atom is -0.310 e. The van der Waals surface area contributed by atoms with E-state index in [-0.39, 0.29) is 0 Å². The monoisotopic (exact) mass is 274 g/mol. The van der Waals surface area contributed by atoms with Gasteiger partial charge in [0.2, 0.25) is 0 Å². The van der Waals surface area contributed by atoms with Crippen molar-refractivity contribution in [1.82, 2.24) is 10.3 Å². The number of rotatable bonds is 5. The number of nitrogens with zero attached hydrogens (tertiary/aromatic N) is 1. The molecule has 0 radical (unpaired) electrons. The van der Waals surface area contributed by atoms with E-state index in [0.29, 0.717) is 6.04 Å². The van der Waals surface area contributed by atoms with Crippen molar-refractivity contribution in [3.05, 3.63) is 29.3 Å². The Labute approximate surface area is 119 Å². The topological polar surface area (TPSA) is 24.9 Å². The van der Waals surface area contributed by atoms with Crippen molar-refractivity contribution >= 4 is 21.6 Å². The van der Waals surface area contributed by atoms with Gasteiger partial charge in [-0.1, -0.05) is 19.8 Å². The first kappa shape index (κ1) is 13.1. The smallest absolute Gasteiger partial charge is 0.0809 e. The van der Waals surface area contributed by atoms with Gasteiger partial charge in [-0.25, -0.2) is 0 Å². The second-order valence-corrected chi connectivity index (χ2v) is 6.50. The Hall–Kier alpha value is -0.930. The lowest BCUT2D eigenvalue weighted by atomic mass is 9.92. The van der Waals surface area contributed by atoms with Gasteiger partial charge >= 0.3 is 0 Å². The van der Waals surface area contributed by atoms with E-state index < -0.39 is 0 Å². The van der Waals surface area contributed by atoms with E-state index in [1.165, 1.54) is 42.4 Å². The van der Waals surface area contributed by atoms with Gasteiger partial charge in [0.25, 0.3) is 0 Å². The van der Waals surface area contributed by atoms with E-state index in [1.54, 1.807) is 11.3 Å². The van der Waals surface area contributed by atoms with Crippen LogP contribution in [0.5, 0.6) is 0 Å². The average molecular weight is 274 g/mol. The third kappa shape index (κ3) is 2.82. The highest BCUT2D eigenvalue weighted by Gasteiger charge is 2.26. The second-order valence-electron chi connectivity index (χ2n) is 5.55. The summed E-state index contributed by atoms with van der Waals surface area (Å²) >= 11 is 1.79. The van der Waals surface area contributed by atoms with Gasteiger partial charge in [0.1, 0.15) is 0 Å². The summed E-state index contributed by atoms with van der Waals surface area (Å²) in [5, 5.41) is 5.88. The summed E-state index contributed by atoms with van der Waals surface area (Å²) in [6.45, 7) is 3.34. The molecule has 2 aromatic heterocycles. The predicted octanol–water partition coefficient (Wildman–Crippen LogP) is 4.53. The summed E-state index contributed by atoms with van der Waals surface area (Å²) < 4.78 is 1.32. The van der Waals surface area contributed by atoms with E-state index in [0.717, 1.165) is 18.0 Å². The molecule has 1 aliphatic carbocycles. The first-order valence-corrected chi connectivity index (χ1v) is 8.33. The number of hydrogen-bond donors (Lipinski definition) is 1. The normalized spacial score (nSPS) is 18.2. The molecule has 2 heterocycles. The fourth-order valence-electron chi connectivity index (χ4n) is 3.18. The molecule has 2 nitrogen and oxygen atoms in total. The third-order valence-electron chi connectivity index (χ3n) is 4.17. The van der Waals surface area contributed by atoms with Gasteiger partial charge in [-0.2, -0.15) is 0 Å². The Morgan fingerprint density at radius 2 is 2.26 bits per heavy atom. The zero-order chi connectivity index (χ0) is 13.1. The van der Waals surface area contributed by atoms with E-state index in [2.05, 4.69) is 40.9 Å². The molecule has 2 aromatic rings. The van der Waals surface area contributed by atoms with Crippen molar-refractivity contribution in [3.63, 3.8) is 0 Å². The summed E-state index contributed by atoms with van der Waals surface area (Å²) in [7, 11) is 0. The van der Waals surface area contributed by atoms with Gasteiger partial charge in [-0.15, -0.1) is 11.3 Å². The molecule has 0 aromatic carbocycles. The molecule has 3 heteroatoms. The van der Waals surface area contributed by atoms with Crippen molar-refractivity contribution in [2.24, 2.45) is 5.92 Å². The summed E-state index contributed by atoms with van der Waals surface area (Å²) in [6.07, 6.45) is 8.79. The standard InChI is InChI=1S/C16H22N2S/c1-2-8-17-16(12-5-3-4-6-12)13-10-15-14(18-11-13)7-9-19-15/h7,9-12,16-17H,2-6,8H2,1H3. The van der Waals surface area contributed by atoms with Crippen molar-refractivity contribution in [1.29, 1.82) is 0 Å². The molecule has 1 aliphatic rings. The van der Waals surface area contributed by atoms with Gasteiger partial charge in [-0.05, 0) is 54.8 Å². The lowest BCUT2D eigenvalue weighted by Crippen LogP contribution is -2.27. The highest BCUT2D eigenvalue weighted by Crippen LogP contribution is 2.36. The van der Waals surface area contributed by atoms with E-state index in [9.17, 15) is 0 Å². The van der Waals surface area contributed by atoms with Gasteiger partial charge < -0.3 is 5.32 Å². The van der Waals surface area contributed by atoms with E-state index >= 15 is 0 Å². The van der Waals surface area contributed by atoms with Crippen LogP contribution >= 0.6 is 11.3 Å². The molecular formula is C16H22N2S. The molecule has 0 bridgehead atoms. The predicted molar refractivity (Wildman–Crippen MR) is 82.6 cm³/mol. The van der Waals surface area contributed by atoms with Crippen LogP contribution in [0.25, 0.3) is 10.2 Å². The van der Waals surface area contributed by atoms with Gasteiger partial charge in [-0.3, -0.25) is 4.98 Å². The average Bonchev–Trinajstić information content (AvgIpc) is 3.09. The molecule has 1 saturated carbocycles. The molecule has 19 heavy (non-hydrogen) atoms. The molecule has 1 fully saturated rings. The Bertz CT molecular complexity index is 528. The maximum absolute atomic E-state index is 4.61. The third-order valence-corrected chi connectivity index (χ3v) is 5.02. The minimum atomic E-state index is 0.501. The fourth-order valence-corrected chi connectivity index (χ4v) is 3.97. The first-order chi connectivity index (χ1) is 9.38. The summed E-state index contributed by atoms with van der Waals surface area (Å²) in [4.78, 5) is 4.61. The maximum Gasteiger partial charge on any atom is 0.0809 e. The zero-order valence-electron chi connectivity index (χ0n) is 11.6. The molecular weight excluding hydrogens is 252 g/mol. The molecule has 3 rings (SSSR count). The van der Waals surface area contributed by atoms with Crippen LogP contribution in [-0.4, -0.2) is 11.5 Å². The summed E-state index contributed by atoms with van der Waals surface area (Å²) in [5.41, 5.74) is 2.52. The van der Waals surface area contributed by atoms with Crippen LogP contribution in [0.2, 0.25) is 0 Å². The van der Waals surface area contributed by atoms with Crippen molar-refractivity contribution < 1.29 is 0 Å². The Morgan fingerprint density at radius 3 is 3.05 bits per heavy atom. The van der Waals surface area contributed by atoms with Crippen LogP contribution in [-0.2, 0) is 0 Å². The Balaban J connectivity index is 1.87. The molecule has 1 N–H and O–H groups in total. The van der Waals surface area contributed by atoms with Gasteiger partial charge in [0.15, 0.2) is 0 Å². The van der Waals surface area contributed by atoms with Crippen LogP contribution in [0, 0.1) is 5.92 Å². The van der Waals surface area contributed by atoms with Crippen molar-refractivity contribution in [2.75, 3.05) is 6.54 Å². The molecule has 0 spiro atoms. The van der Waals surface area contributed by atoms with E-state index in [4.69, 9.17) is 0 Å². The Morgan fingerprint density at radius 1 is 1.42 bits per heavy atom. The molecule has 1 atom stereocenters. The number of nitrogens with one attached hydrogen (secondary N) is 1. The second kappa shape index (κ2) is 6.02. The lowest BCUT2D eigenvalue weighted by molar-refractivity contribution is 0.368. The van der Waals surface area contributed by atoms with Crippen LogP contribution in [0.4, 0.5) is 0 Å². The Kier molecular flexibility index (Phi) is 4.14. The quantitative estimate of drug-likeness (QED) is 0.866.